The highest BCUT2D eigenvalue weighted by Gasteiger charge is 2.55. The van der Waals surface area contributed by atoms with Crippen molar-refractivity contribution in [1.29, 1.82) is 0 Å². The molecule has 28 heavy (non-hydrogen) atoms. The number of hydrogen-bond donors (Lipinski definition) is 1. The standard InChI is InChI=1S/C19H22ClN5O3/c1-11-12(2)25-15-16(21-18(25)23(11)8-9-26)22(3)19(28)24(17(15)27)10-13-6-4-5-7-14(13)20/h4-7,15-16,26H,8-10H2,1-3H3. The number of carbonyl (C=O) groups is 2. The lowest BCUT2D eigenvalue weighted by molar-refractivity contribution is -0.137. The normalized spacial score (nSPS) is 24.2. The summed E-state index contributed by atoms with van der Waals surface area (Å²) in [7, 11) is 1.65. The second-order valence-corrected chi connectivity index (χ2v) is 7.52. The molecule has 0 aromatic heterocycles. The van der Waals surface area contributed by atoms with Gasteiger partial charge < -0.3 is 14.9 Å². The molecule has 3 aliphatic heterocycles. The van der Waals surface area contributed by atoms with Crippen LogP contribution in [0.15, 0.2) is 40.7 Å². The molecule has 0 spiro atoms. The molecule has 2 atom stereocenters. The lowest BCUT2D eigenvalue weighted by atomic mass is 10.1. The summed E-state index contributed by atoms with van der Waals surface area (Å²) in [6.07, 6.45) is -0.596. The van der Waals surface area contributed by atoms with Crippen molar-refractivity contribution in [2.75, 3.05) is 20.2 Å². The monoisotopic (exact) mass is 403 g/mol. The van der Waals surface area contributed by atoms with E-state index in [9.17, 15) is 14.7 Å². The highest BCUT2D eigenvalue weighted by atomic mass is 35.5. The number of halogens is 1. The smallest absolute Gasteiger partial charge is 0.328 e. The summed E-state index contributed by atoms with van der Waals surface area (Å²) in [5.74, 6) is 0.302. The zero-order valence-electron chi connectivity index (χ0n) is 16.0. The van der Waals surface area contributed by atoms with E-state index in [0.717, 1.165) is 11.4 Å². The fourth-order valence-corrected chi connectivity index (χ4v) is 4.19. The van der Waals surface area contributed by atoms with Crippen molar-refractivity contribution in [2.45, 2.75) is 32.6 Å². The Hall–Kier alpha value is -2.58. The van der Waals surface area contributed by atoms with Crippen molar-refractivity contribution in [3.63, 3.8) is 0 Å². The number of guanidine groups is 1. The van der Waals surface area contributed by atoms with Crippen LogP contribution in [0.3, 0.4) is 0 Å². The topological polar surface area (TPSA) is 79.7 Å². The van der Waals surface area contributed by atoms with Gasteiger partial charge in [0.25, 0.3) is 5.91 Å². The van der Waals surface area contributed by atoms with E-state index in [4.69, 9.17) is 11.6 Å². The molecule has 8 nitrogen and oxygen atoms in total. The minimum absolute atomic E-state index is 0.0336. The Kier molecular flexibility index (Phi) is 4.55. The number of imide groups is 1. The van der Waals surface area contributed by atoms with E-state index in [0.29, 0.717) is 23.1 Å². The first-order chi connectivity index (χ1) is 13.4. The van der Waals surface area contributed by atoms with E-state index in [1.54, 1.807) is 19.2 Å². The second kappa shape index (κ2) is 6.79. The van der Waals surface area contributed by atoms with Crippen LogP contribution in [0.2, 0.25) is 5.02 Å². The van der Waals surface area contributed by atoms with Crippen LogP contribution in [-0.4, -0.2) is 75.0 Å². The third-order valence-electron chi connectivity index (χ3n) is 5.61. The molecule has 148 valence electrons. The molecular weight excluding hydrogens is 382 g/mol. The molecule has 3 aliphatic rings. The molecule has 3 heterocycles. The first-order valence-electron chi connectivity index (χ1n) is 9.11. The van der Waals surface area contributed by atoms with Gasteiger partial charge in [-0.3, -0.25) is 14.6 Å². The molecule has 0 aliphatic carbocycles. The number of aliphatic imine (C=N–C) groups is 1. The summed E-state index contributed by atoms with van der Waals surface area (Å²) in [4.78, 5) is 37.4. The predicted molar refractivity (Wildman–Crippen MR) is 104 cm³/mol. The van der Waals surface area contributed by atoms with Crippen LogP contribution in [0, 0.1) is 0 Å². The number of amides is 3. The maximum absolute atomic E-state index is 13.4. The summed E-state index contributed by atoms with van der Waals surface area (Å²) in [6, 6.07) is 6.15. The van der Waals surface area contributed by atoms with E-state index in [-0.39, 0.29) is 19.1 Å². The molecule has 9 heteroatoms. The van der Waals surface area contributed by atoms with Gasteiger partial charge in [0.15, 0.2) is 12.2 Å². The first-order valence-corrected chi connectivity index (χ1v) is 9.49. The van der Waals surface area contributed by atoms with Crippen molar-refractivity contribution in [3.8, 4) is 0 Å². The van der Waals surface area contributed by atoms with Crippen molar-refractivity contribution >= 4 is 29.5 Å². The van der Waals surface area contributed by atoms with Crippen LogP contribution in [-0.2, 0) is 11.3 Å². The number of likely N-dealkylation sites (N-methyl/N-ethyl adjacent to an activating group) is 1. The van der Waals surface area contributed by atoms with Gasteiger partial charge >= 0.3 is 6.03 Å². The second-order valence-electron chi connectivity index (χ2n) is 7.11. The molecule has 1 aromatic carbocycles. The molecular formula is C19H22ClN5O3. The molecule has 1 fully saturated rings. The number of allylic oxidation sites excluding steroid dienone is 2. The number of β-amino-alcohol motifs (C(OH)–C–C–N with tert-alkyl or cyclic N) is 1. The average Bonchev–Trinajstić information content (AvgIpc) is 3.17. The van der Waals surface area contributed by atoms with Crippen molar-refractivity contribution < 1.29 is 14.7 Å². The summed E-state index contributed by atoms with van der Waals surface area (Å²) >= 11 is 6.24. The summed E-state index contributed by atoms with van der Waals surface area (Å²) in [6.45, 7) is 4.31. The van der Waals surface area contributed by atoms with Gasteiger partial charge in [0, 0.05) is 30.0 Å². The van der Waals surface area contributed by atoms with E-state index >= 15 is 0 Å². The highest BCUT2D eigenvalue weighted by Crippen LogP contribution is 2.38. The van der Waals surface area contributed by atoms with Crippen molar-refractivity contribution in [3.05, 3.63) is 46.2 Å². The zero-order chi connectivity index (χ0) is 20.2. The fraction of sp³-hybridized carbons (Fsp3) is 0.421. The van der Waals surface area contributed by atoms with E-state index in [1.807, 2.05) is 35.8 Å². The van der Waals surface area contributed by atoms with Crippen LogP contribution in [0.5, 0.6) is 0 Å². The molecule has 2 unspecified atom stereocenters. The van der Waals surface area contributed by atoms with Crippen LogP contribution < -0.4 is 0 Å². The predicted octanol–water partition coefficient (Wildman–Crippen LogP) is 1.66. The van der Waals surface area contributed by atoms with Gasteiger partial charge in [-0.1, -0.05) is 29.8 Å². The first kappa shape index (κ1) is 18.8. The van der Waals surface area contributed by atoms with Crippen LogP contribution >= 0.6 is 11.6 Å². The maximum atomic E-state index is 13.4. The molecule has 1 N–H and O–H groups in total. The molecule has 1 saturated heterocycles. The van der Waals surface area contributed by atoms with E-state index in [2.05, 4.69) is 4.99 Å². The zero-order valence-corrected chi connectivity index (χ0v) is 16.7. The number of rotatable bonds is 4. The minimum atomic E-state index is -0.626. The third-order valence-corrected chi connectivity index (χ3v) is 5.98. The number of urea groups is 1. The number of aliphatic hydroxyl groups excluding tert-OH is 1. The Balaban J connectivity index is 1.69. The summed E-state index contributed by atoms with van der Waals surface area (Å²) in [5.41, 5.74) is 2.55. The Morgan fingerprint density at radius 1 is 1.14 bits per heavy atom. The summed E-state index contributed by atoms with van der Waals surface area (Å²) in [5, 5.41) is 9.91. The Labute approximate surface area is 168 Å². The largest absolute Gasteiger partial charge is 0.395 e. The Morgan fingerprint density at radius 2 is 1.86 bits per heavy atom. The van der Waals surface area contributed by atoms with Crippen LogP contribution in [0.1, 0.15) is 19.4 Å². The molecule has 3 amide bonds. The fourth-order valence-electron chi connectivity index (χ4n) is 3.99. The maximum Gasteiger partial charge on any atom is 0.328 e. The van der Waals surface area contributed by atoms with Gasteiger partial charge in [0.1, 0.15) is 0 Å². The number of aliphatic hydroxyl groups is 1. The SMILES string of the molecule is CC1=C(C)N2C(=NC3C2C(=O)N(Cc2ccccc2Cl)C(=O)N3C)N1CCO. The molecule has 0 bridgehead atoms. The third kappa shape index (κ3) is 2.59. The molecule has 0 radical (unpaired) electrons. The van der Waals surface area contributed by atoms with Crippen LogP contribution in [0.4, 0.5) is 4.79 Å². The van der Waals surface area contributed by atoms with Gasteiger partial charge in [0.05, 0.1) is 13.2 Å². The van der Waals surface area contributed by atoms with Crippen molar-refractivity contribution in [2.24, 2.45) is 4.99 Å². The van der Waals surface area contributed by atoms with Crippen LogP contribution in [0.25, 0.3) is 0 Å². The Morgan fingerprint density at radius 3 is 2.54 bits per heavy atom. The van der Waals surface area contributed by atoms with Gasteiger partial charge in [-0.2, -0.15) is 0 Å². The number of benzene rings is 1. The lowest BCUT2D eigenvalue weighted by Crippen LogP contribution is -2.64. The number of nitrogens with zero attached hydrogens (tertiary/aromatic N) is 5. The summed E-state index contributed by atoms with van der Waals surface area (Å²) < 4.78 is 0. The van der Waals surface area contributed by atoms with Gasteiger partial charge in [-0.25, -0.2) is 9.79 Å². The number of carbonyl (C=O) groups excluding carboxylic acids is 2. The van der Waals surface area contributed by atoms with Gasteiger partial charge in [-0.15, -0.1) is 0 Å². The molecule has 4 rings (SSSR count). The molecule has 0 saturated carbocycles. The highest BCUT2D eigenvalue weighted by molar-refractivity contribution is 6.31. The average molecular weight is 404 g/mol. The number of fused-ring (bicyclic) bond motifs is 3. The Bertz CT molecular complexity index is 915. The lowest BCUT2D eigenvalue weighted by Gasteiger charge is -2.40. The molecule has 1 aromatic rings. The number of hydrogen-bond acceptors (Lipinski definition) is 6. The van der Waals surface area contributed by atoms with E-state index < -0.39 is 18.2 Å². The van der Waals surface area contributed by atoms with Crippen molar-refractivity contribution in [1.82, 2.24) is 19.6 Å². The van der Waals surface area contributed by atoms with E-state index in [1.165, 1.54) is 9.80 Å². The minimum Gasteiger partial charge on any atom is -0.395 e. The van der Waals surface area contributed by atoms with Gasteiger partial charge in [0.2, 0.25) is 5.96 Å². The van der Waals surface area contributed by atoms with Gasteiger partial charge in [-0.05, 0) is 25.5 Å². The quantitative estimate of drug-likeness (QED) is 0.827.